The predicted octanol–water partition coefficient (Wildman–Crippen LogP) is 0.965. The number of benzene rings is 1. The Morgan fingerprint density at radius 1 is 1.39 bits per heavy atom. The van der Waals surface area contributed by atoms with Crippen molar-refractivity contribution in [3.8, 4) is 5.75 Å². The summed E-state index contributed by atoms with van der Waals surface area (Å²) in [6.07, 6.45) is 0.350. The second-order valence-electron chi connectivity index (χ2n) is 4.86. The molecule has 124 valence electrons. The molecule has 8 heteroatoms. The van der Waals surface area contributed by atoms with Gasteiger partial charge in [0.05, 0.1) is 12.4 Å². The van der Waals surface area contributed by atoms with Gasteiger partial charge in [0.2, 0.25) is 5.91 Å². The lowest BCUT2D eigenvalue weighted by atomic mass is 10.0. The number of rotatable bonds is 7. The summed E-state index contributed by atoms with van der Waals surface area (Å²) in [6, 6.07) is 5.09. The molecule has 0 saturated carbocycles. The molecular weight excluding hydrogens is 320 g/mol. The van der Waals surface area contributed by atoms with Crippen LogP contribution in [-0.4, -0.2) is 49.7 Å². The van der Waals surface area contributed by atoms with Gasteiger partial charge in [0, 0.05) is 6.54 Å². The highest BCUT2D eigenvalue weighted by molar-refractivity contribution is 8.15. The van der Waals surface area contributed by atoms with Crippen molar-refractivity contribution in [1.29, 1.82) is 0 Å². The summed E-state index contributed by atoms with van der Waals surface area (Å²) in [5.41, 5.74) is 1.06. The largest absolute Gasteiger partial charge is 0.491 e. The van der Waals surface area contributed by atoms with Crippen molar-refractivity contribution in [3.63, 3.8) is 0 Å². The quantitative estimate of drug-likeness (QED) is 0.565. The molecular formula is C15H18N2O5S. The summed E-state index contributed by atoms with van der Waals surface area (Å²) in [5, 5.41) is 4.36. The Kier molecular flexibility index (Phi) is 6.00. The van der Waals surface area contributed by atoms with Gasteiger partial charge in [-0.2, -0.15) is 0 Å². The number of methoxy groups -OCH3 is 1. The average Bonchev–Trinajstić information content (AvgIpc) is 2.85. The highest BCUT2D eigenvalue weighted by atomic mass is 32.2. The van der Waals surface area contributed by atoms with E-state index in [1.165, 1.54) is 7.11 Å². The molecule has 1 saturated heterocycles. The molecule has 0 aromatic heterocycles. The minimum atomic E-state index is -0.508. The van der Waals surface area contributed by atoms with E-state index >= 15 is 0 Å². The molecule has 0 bridgehead atoms. The lowest BCUT2D eigenvalue weighted by Gasteiger charge is -2.13. The molecule has 2 amide bonds. The number of likely N-dealkylation sites (N-methyl/N-ethyl adjacent to an activating group) is 1. The summed E-state index contributed by atoms with van der Waals surface area (Å²) in [6.45, 7) is 1.05. The molecule has 7 nitrogen and oxygen atoms in total. The molecule has 1 aliphatic rings. The van der Waals surface area contributed by atoms with Gasteiger partial charge in [-0.3, -0.25) is 14.9 Å². The number of ether oxygens (including phenoxy) is 2. The smallest absolute Gasteiger partial charge is 0.341 e. The first kappa shape index (κ1) is 17.3. The monoisotopic (exact) mass is 338 g/mol. The highest BCUT2D eigenvalue weighted by Crippen LogP contribution is 2.26. The third-order valence-corrected chi connectivity index (χ3v) is 4.23. The summed E-state index contributed by atoms with van der Waals surface area (Å²) in [7, 11) is 3.10. The van der Waals surface area contributed by atoms with E-state index in [9.17, 15) is 14.4 Å². The SMILES string of the molecule is CNCCOc1ccc(CC2SC(=O)NC2=O)cc1C(=O)OC. The number of hydrogen-bond donors (Lipinski definition) is 2. The summed E-state index contributed by atoms with van der Waals surface area (Å²) >= 11 is 0.954. The second-order valence-corrected chi connectivity index (χ2v) is 6.04. The minimum Gasteiger partial charge on any atom is -0.491 e. The van der Waals surface area contributed by atoms with Gasteiger partial charge in [-0.25, -0.2) is 4.79 Å². The van der Waals surface area contributed by atoms with Crippen LogP contribution >= 0.6 is 11.8 Å². The van der Waals surface area contributed by atoms with Crippen LogP contribution in [0.3, 0.4) is 0 Å². The van der Waals surface area contributed by atoms with Crippen molar-refractivity contribution < 1.29 is 23.9 Å². The maximum absolute atomic E-state index is 11.9. The van der Waals surface area contributed by atoms with Crippen molar-refractivity contribution in [2.24, 2.45) is 0 Å². The predicted molar refractivity (Wildman–Crippen MR) is 85.8 cm³/mol. The fourth-order valence-corrected chi connectivity index (χ4v) is 2.96. The van der Waals surface area contributed by atoms with E-state index in [1.54, 1.807) is 25.2 Å². The summed E-state index contributed by atoms with van der Waals surface area (Å²) in [4.78, 5) is 34.8. The standard InChI is InChI=1S/C15H18N2O5S/c1-16-5-6-22-11-4-3-9(7-10(11)14(19)21-2)8-12-13(18)17-15(20)23-12/h3-4,7,12,16H,5-6,8H2,1-2H3,(H,17,18,20). The molecule has 2 rings (SSSR count). The molecule has 0 radical (unpaired) electrons. The molecule has 0 spiro atoms. The molecule has 23 heavy (non-hydrogen) atoms. The molecule has 1 aromatic carbocycles. The fourth-order valence-electron chi connectivity index (χ4n) is 2.10. The van der Waals surface area contributed by atoms with Crippen LogP contribution in [0.5, 0.6) is 5.75 Å². The zero-order valence-corrected chi connectivity index (χ0v) is 13.7. The van der Waals surface area contributed by atoms with E-state index in [2.05, 4.69) is 10.6 Å². The Bertz CT molecular complexity index is 620. The zero-order valence-electron chi connectivity index (χ0n) is 12.9. The van der Waals surface area contributed by atoms with Crippen LogP contribution in [0.4, 0.5) is 4.79 Å². The number of esters is 1. The van der Waals surface area contributed by atoms with E-state index in [4.69, 9.17) is 9.47 Å². The first-order valence-electron chi connectivity index (χ1n) is 7.05. The number of carbonyl (C=O) groups excluding carboxylic acids is 3. The molecule has 1 aliphatic heterocycles. The third-order valence-electron chi connectivity index (χ3n) is 3.25. The van der Waals surface area contributed by atoms with E-state index in [0.29, 0.717) is 30.9 Å². The number of thioether (sulfide) groups is 1. The van der Waals surface area contributed by atoms with Crippen LogP contribution in [0.1, 0.15) is 15.9 Å². The van der Waals surface area contributed by atoms with Gasteiger partial charge in [0.1, 0.15) is 17.9 Å². The van der Waals surface area contributed by atoms with E-state index < -0.39 is 11.2 Å². The van der Waals surface area contributed by atoms with Crippen molar-refractivity contribution >= 4 is 28.9 Å². The van der Waals surface area contributed by atoms with Crippen LogP contribution < -0.4 is 15.4 Å². The van der Waals surface area contributed by atoms with E-state index in [1.807, 2.05) is 0 Å². The first-order valence-corrected chi connectivity index (χ1v) is 7.93. The first-order chi connectivity index (χ1) is 11.0. The maximum Gasteiger partial charge on any atom is 0.341 e. The topological polar surface area (TPSA) is 93.7 Å². The average molecular weight is 338 g/mol. The number of carbonyl (C=O) groups is 3. The Morgan fingerprint density at radius 3 is 2.78 bits per heavy atom. The molecule has 1 atom stereocenters. The van der Waals surface area contributed by atoms with Gasteiger partial charge in [0.25, 0.3) is 5.24 Å². The number of hydrogen-bond acceptors (Lipinski definition) is 7. The Balaban J connectivity index is 2.16. The summed E-state index contributed by atoms with van der Waals surface area (Å²) in [5.74, 6) is -0.393. The number of imide groups is 1. The Hall–Kier alpha value is -2.06. The normalized spacial score (nSPS) is 17.0. The molecule has 1 unspecified atom stereocenters. The van der Waals surface area contributed by atoms with Crippen LogP contribution in [0, 0.1) is 0 Å². The number of nitrogens with one attached hydrogen (secondary N) is 2. The van der Waals surface area contributed by atoms with E-state index in [-0.39, 0.29) is 11.1 Å². The fraction of sp³-hybridized carbons (Fsp3) is 0.400. The van der Waals surface area contributed by atoms with Crippen LogP contribution in [0.25, 0.3) is 0 Å². The Morgan fingerprint density at radius 2 is 2.17 bits per heavy atom. The number of amides is 2. The molecule has 1 aromatic rings. The summed E-state index contributed by atoms with van der Waals surface area (Å²) < 4.78 is 10.3. The van der Waals surface area contributed by atoms with E-state index in [0.717, 1.165) is 17.3 Å². The van der Waals surface area contributed by atoms with Crippen LogP contribution in [-0.2, 0) is 16.0 Å². The van der Waals surface area contributed by atoms with Crippen molar-refractivity contribution in [3.05, 3.63) is 29.3 Å². The minimum absolute atomic E-state index is 0.302. The highest BCUT2D eigenvalue weighted by Gasteiger charge is 2.31. The zero-order chi connectivity index (χ0) is 16.8. The molecule has 0 aliphatic carbocycles. The third kappa shape index (κ3) is 4.46. The molecule has 1 fully saturated rings. The molecule has 2 N–H and O–H groups in total. The maximum atomic E-state index is 11.9. The second kappa shape index (κ2) is 7.98. The van der Waals surface area contributed by atoms with Gasteiger partial charge in [0.15, 0.2) is 0 Å². The van der Waals surface area contributed by atoms with Crippen molar-refractivity contribution in [2.75, 3.05) is 27.3 Å². The van der Waals surface area contributed by atoms with Gasteiger partial charge in [-0.1, -0.05) is 17.8 Å². The van der Waals surface area contributed by atoms with Gasteiger partial charge >= 0.3 is 5.97 Å². The Labute approximate surface area is 138 Å². The lowest BCUT2D eigenvalue weighted by molar-refractivity contribution is -0.118. The van der Waals surface area contributed by atoms with Gasteiger partial charge in [-0.15, -0.1) is 0 Å². The van der Waals surface area contributed by atoms with Crippen molar-refractivity contribution in [1.82, 2.24) is 10.6 Å². The van der Waals surface area contributed by atoms with Crippen LogP contribution in [0.2, 0.25) is 0 Å². The lowest BCUT2D eigenvalue weighted by Crippen LogP contribution is -2.25. The van der Waals surface area contributed by atoms with Gasteiger partial charge < -0.3 is 14.8 Å². The van der Waals surface area contributed by atoms with Crippen LogP contribution in [0.15, 0.2) is 18.2 Å². The van der Waals surface area contributed by atoms with Gasteiger partial charge in [-0.05, 0) is 31.2 Å². The van der Waals surface area contributed by atoms with Crippen molar-refractivity contribution in [2.45, 2.75) is 11.7 Å². The molecule has 1 heterocycles.